The van der Waals surface area contributed by atoms with Crippen molar-refractivity contribution in [3.8, 4) is 11.5 Å². The predicted octanol–water partition coefficient (Wildman–Crippen LogP) is 4.24. The number of amides is 1. The Morgan fingerprint density at radius 2 is 1.88 bits per heavy atom. The number of Topliss-reactive ketones (excluding diaryl/α,β-unsaturated/α-hetero) is 1. The van der Waals surface area contributed by atoms with E-state index in [1.165, 1.54) is 4.90 Å². The molecule has 1 saturated heterocycles. The highest BCUT2D eigenvalue weighted by Crippen LogP contribution is 2.42. The number of benzene rings is 2. The van der Waals surface area contributed by atoms with Crippen molar-refractivity contribution in [2.24, 2.45) is 0 Å². The molecular weight excluding hydrogens is 488 g/mol. The third-order valence-corrected chi connectivity index (χ3v) is 6.09. The van der Waals surface area contributed by atoms with Gasteiger partial charge in [0.25, 0.3) is 11.7 Å². The van der Waals surface area contributed by atoms with Crippen LogP contribution in [0.1, 0.15) is 22.7 Å². The van der Waals surface area contributed by atoms with E-state index in [-0.39, 0.29) is 17.9 Å². The van der Waals surface area contributed by atoms with Crippen LogP contribution in [0.2, 0.25) is 0 Å². The summed E-state index contributed by atoms with van der Waals surface area (Å²) in [6, 6.07) is 15.1. The van der Waals surface area contributed by atoms with Gasteiger partial charge in [-0.2, -0.15) is 0 Å². The molecule has 1 amide bonds. The molecule has 3 aromatic rings. The minimum atomic E-state index is -0.768. The van der Waals surface area contributed by atoms with Crippen LogP contribution < -0.4 is 9.47 Å². The lowest BCUT2D eigenvalue weighted by atomic mass is 9.95. The zero-order chi connectivity index (χ0) is 22.9. The second kappa shape index (κ2) is 8.71. The van der Waals surface area contributed by atoms with Crippen molar-refractivity contribution in [2.75, 3.05) is 13.2 Å². The van der Waals surface area contributed by atoms with Crippen LogP contribution in [-0.2, 0) is 16.1 Å². The number of nitrogens with zero attached hydrogens (tertiary/aromatic N) is 2. The molecule has 2 aliphatic rings. The molecule has 5 rings (SSSR count). The highest BCUT2D eigenvalue weighted by atomic mass is 79.9. The number of aliphatic hydroxyl groups excluding tert-OH is 1. The summed E-state index contributed by atoms with van der Waals surface area (Å²) in [5.74, 6) is -0.629. The fourth-order valence-corrected chi connectivity index (χ4v) is 4.52. The molecule has 1 atom stereocenters. The van der Waals surface area contributed by atoms with Crippen LogP contribution in [0.15, 0.2) is 77.0 Å². The largest absolute Gasteiger partial charge is 0.507 e. The molecule has 0 radical (unpaired) electrons. The van der Waals surface area contributed by atoms with Gasteiger partial charge in [0.15, 0.2) is 11.5 Å². The van der Waals surface area contributed by atoms with Gasteiger partial charge in [-0.15, -0.1) is 0 Å². The summed E-state index contributed by atoms with van der Waals surface area (Å²) in [5.41, 5.74) is 1.88. The number of halogens is 1. The van der Waals surface area contributed by atoms with Crippen molar-refractivity contribution in [3.63, 3.8) is 0 Å². The molecule has 1 N–H and O–H groups in total. The lowest BCUT2D eigenvalue weighted by Crippen LogP contribution is -2.29. The number of pyridine rings is 1. The molecule has 0 aliphatic carbocycles. The minimum absolute atomic E-state index is 0.0265. The average Bonchev–Trinajstić information content (AvgIpc) is 3.09. The fourth-order valence-electron chi connectivity index (χ4n) is 4.10. The molecule has 3 heterocycles. The minimum Gasteiger partial charge on any atom is -0.507 e. The number of carbonyl (C=O) groups is 2. The number of ketones is 1. The lowest BCUT2D eigenvalue weighted by molar-refractivity contribution is -0.140. The topological polar surface area (TPSA) is 89.0 Å². The van der Waals surface area contributed by atoms with Crippen molar-refractivity contribution in [1.29, 1.82) is 0 Å². The van der Waals surface area contributed by atoms with Gasteiger partial charge in [0.2, 0.25) is 0 Å². The van der Waals surface area contributed by atoms with Gasteiger partial charge in [-0.05, 0) is 47.5 Å². The van der Waals surface area contributed by atoms with E-state index >= 15 is 0 Å². The Bertz CT molecular complexity index is 1270. The standard InChI is InChI=1S/C25H19BrN2O5/c26-18-5-1-4-16(11-18)22-21(23(29)17-6-7-19-20(12-17)33-10-9-32-19)24(30)25(31)28(22)14-15-3-2-8-27-13-15/h1-8,11-13,22,29H,9-10,14H2/b23-21+/t22-/m0/s1. The molecule has 2 aliphatic heterocycles. The molecule has 7 nitrogen and oxygen atoms in total. The first-order valence-corrected chi connectivity index (χ1v) is 11.1. The Morgan fingerprint density at radius 1 is 1.06 bits per heavy atom. The van der Waals surface area contributed by atoms with Crippen molar-refractivity contribution in [1.82, 2.24) is 9.88 Å². The van der Waals surface area contributed by atoms with Gasteiger partial charge in [0.05, 0.1) is 11.6 Å². The molecule has 166 valence electrons. The van der Waals surface area contributed by atoms with E-state index < -0.39 is 17.7 Å². The Labute approximate surface area is 198 Å². The zero-order valence-electron chi connectivity index (χ0n) is 17.4. The number of rotatable bonds is 4. The number of aliphatic hydroxyl groups is 1. The Balaban J connectivity index is 1.64. The summed E-state index contributed by atoms with van der Waals surface area (Å²) >= 11 is 3.46. The van der Waals surface area contributed by atoms with Crippen molar-refractivity contribution < 1.29 is 24.2 Å². The Morgan fingerprint density at radius 3 is 2.64 bits per heavy atom. The van der Waals surface area contributed by atoms with Crippen molar-refractivity contribution >= 4 is 33.4 Å². The summed E-state index contributed by atoms with van der Waals surface area (Å²) in [4.78, 5) is 31.9. The first kappa shape index (κ1) is 21.2. The number of carbonyl (C=O) groups excluding carboxylic acids is 2. The SMILES string of the molecule is O=C1C(=O)N(Cc2cccnc2)[C@@H](c2cccc(Br)c2)/C1=C(\O)c1ccc2c(c1)OCCO2. The zero-order valence-corrected chi connectivity index (χ0v) is 19.0. The first-order valence-electron chi connectivity index (χ1n) is 10.4. The van der Waals surface area contributed by atoms with Crippen LogP contribution in [0.5, 0.6) is 11.5 Å². The Kier molecular flexibility index (Phi) is 5.60. The number of hydrogen-bond donors (Lipinski definition) is 1. The van der Waals surface area contributed by atoms with Gasteiger partial charge in [0.1, 0.15) is 19.0 Å². The molecule has 0 spiro atoms. The molecule has 2 aromatic carbocycles. The van der Waals surface area contributed by atoms with Gasteiger partial charge in [-0.25, -0.2) is 0 Å². The number of likely N-dealkylation sites (tertiary alicyclic amines) is 1. The van der Waals surface area contributed by atoms with Crippen LogP contribution in [0.25, 0.3) is 5.76 Å². The molecule has 33 heavy (non-hydrogen) atoms. The number of ether oxygens (including phenoxy) is 2. The van der Waals surface area contributed by atoms with Crippen LogP contribution >= 0.6 is 15.9 Å². The van der Waals surface area contributed by atoms with E-state index in [9.17, 15) is 14.7 Å². The molecule has 1 aromatic heterocycles. The van der Waals surface area contributed by atoms with E-state index in [1.807, 2.05) is 30.3 Å². The molecule has 0 unspecified atom stereocenters. The smallest absolute Gasteiger partial charge is 0.295 e. The maximum atomic E-state index is 13.2. The average molecular weight is 507 g/mol. The maximum absolute atomic E-state index is 13.2. The van der Waals surface area contributed by atoms with Crippen molar-refractivity contribution in [3.05, 3.63) is 93.7 Å². The normalized spacial score (nSPS) is 19.1. The highest BCUT2D eigenvalue weighted by molar-refractivity contribution is 9.10. The van der Waals surface area contributed by atoms with E-state index in [1.54, 1.807) is 36.7 Å². The van der Waals surface area contributed by atoms with Crippen LogP contribution in [-0.4, -0.2) is 39.9 Å². The van der Waals surface area contributed by atoms with Crippen LogP contribution in [0, 0.1) is 0 Å². The summed E-state index contributed by atoms with van der Waals surface area (Å²) in [5, 5.41) is 11.3. The third kappa shape index (κ3) is 3.98. The first-order chi connectivity index (χ1) is 16.0. The van der Waals surface area contributed by atoms with Crippen LogP contribution in [0.3, 0.4) is 0 Å². The van der Waals surface area contributed by atoms with E-state index in [4.69, 9.17) is 9.47 Å². The Hall–Kier alpha value is -3.65. The second-order valence-corrected chi connectivity index (χ2v) is 8.62. The van der Waals surface area contributed by atoms with Gasteiger partial charge < -0.3 is 19.5 Å². The fraction of sp³-hybridized carbons (Fsp3) is 0.160. The number of hydrogen-bond acceptors (Lipinski definition) is 6. The van der Waals surface area contributed by atoms with E-state index in [0.717, 1.165) is 10.0 Å². The predicted molar refractivity (Wildman–Crippen MR) is 124 cm³/mol. The van der Waals surface area contributed by atoms with Gasteiger partial charge in [-0.3, -0.25) is 14.6 Å². The molecule has 0 saturated carbocycles. The van der Waals surface area contributed by atoms with Gasteiger partial charge in [0, 0.05) is 29.0 Å². The van der Waals surface area contributed by atoms with Gasteiger partial charge >= 0.3 is 0 Å². The summed E-state index contributed by atoms with van der Waals surface area (Å²) < 4.78 is 12.0. The van der Waals surface area contributed by atoms with E-state index in [2.05, 4.69) is 20.9 Å². The lowest BCUT2D eigenvalue weighted by Gasteiger charge is -2.25. The van der Waals surface area contributed by atoms with E-state index in [0.29, 0.717) is 35.8 Å². The molecule has 1 fully saturated rings. The summed E-state index contributed by atoms with van der Waals surface area (Å²) in [7, 11) is 0. The third-order valence-electron chi connectivity index (χ3n) is 5.60. The summed E-state index contributed by atoms with van der Waals surface area (Å²) in [6.07, 6.45) is 3.30. The monoisotopic (exact) mass is 506 g/mol. The van der Waals surface area contributed by atoms with Crippen LogP contribution in [0.4, 0.5) is 0 Å². The molecule has 8 heteroatoms. The molecule has 0 bridgehead atoms. The molecular formula is C25H19BrN2O5. The highest BCUT2D eigenvalue weighted by Gasteiger charge is 2.46. The quantitative estimate of drug-likeness (QED) is 0.323. The van der Waals surface area contributed by atoms with Crippen molar-refractivity contribution in [2.45, 2.75) is 12.6 Å². The number of fused-ring (bicyclic) bond motifs is 1. The second-order valence-electron chi connectivity index (χ2n) is 7.70. The summed E-state index contributed by atoms with van der Waals surface area (Å²) in [6.45, 7) is 1.01. The van der Waals surface area contributed by atoms with Gasteiger partial charge in [-0.1, -0.05) is 34.1 Å². The number of aromatic nitrogens is 1. The maximum Gasteiger partial charge on any atom is 0.295 e.